The van der Waals surface area contributed by atoms with Crippen molar-refractivity contribution in [2.75, 3.05) is 12.9 Å². The van der Waals surface area contributed by atoms with Crippen molar-refractivity contribution in [1.82, 2.24) is 0 Å². The summed E-state index contributed by atoms with van der Waals surface area (Å²) in [5, 5.41) is 0. The van der Waals surface area contributed by atoms with Gasteiger partial charge >= 0.3 is 0 Å². The van der Waals surface area contributed by atoms with E-state index in [0.29, 0.717) is 6.42 Å². The molecule has 0 aromatic heterocycles. The first-order valence-corrected chi connectivity index (χ1v) is 5.64. The van der Waals surface area contributed by atoms with E-state index >= 15 is 0 Å². The van der Waals surface area contributed by atoms with Crippen LogP contribution in [-0.2, 0) is 0 Å². The summed E-state index contributed by atoms with van der Waals surface area (Å²) in [7, 11) is 1.62. The van der Waals surface area contributed by atoms with Gasteiger partial charge in [-0.15, -0.1) is 11.8 Å². The first-order chi connectivity index (χ1) is 6.81. The summed E-state index contributed by atoms with van der Waals surface area (Å²) in [5.74, 6) is 2.04. The summed E-state index contributed by atoms with van der Waals surface area (Å²) < 4.78 is 5.11. The smallest absolute Gasteiger partial charge is 0.164 e. The molecule has 0 amide bonds. The Bertz CT molecular complexity index is 360. The molecular weight excluding hydrogens is 196 g/mol. The number of methoxy groups -OCH3 is 1. The summed E-state index contributed by atoms with van der Waals surface area (Å²) in [4.78, 5) is 12.8. The second kappa shape index (κ2) is 4.05. The number of thioether (sulfide) groups is 1. The van der Waals surface area contributed by atoms with Crippen LogP contribution in [0, 0.1) is 0 Å². The molecule has 0 atom stereocenters. The lowest BCUT2D eigenvalue weighted by Gasteiger charge is -2.06. The van der Waals surface area contributed by atoms with Gasteiger partial charge in [-0.3, -0.25) is 4.79 Å². The fourth-order valence-electron chi connectivity index (χ4n) is 1.53. The van der Waals surface area contributed by atoms with E-state index in [4.69, 9.17) is 4.74 Å². The first kappa shape index (κ1) is 9.59. The van der Waals surface area contributed by atoms with Gasteiger partial charge in [-0.25, -0.2) is 0 Å². The van der Waals surface area contributed by atoms with Crippen LogP contribution in [0.2, 0.25) is 0 Å². The zero-order chi connectivity index (χ0) is 9.97. The minimum absolute atomic E-state index is 0.240. The maximum atomic E-state index is 11.7. The molecule has 0 saturated heterocycles. The van der Waals surface area contributed by atoms with E-state index in [-0.39, 0.29) is 5.78 Å². The Morgan fingerprint density at radius 2 is 2.29 bits per heavy atom. The second-order valence-corrected chi connectivity index (χ2v) is 4.37. The van der Waals surface area contributed by atoms with Crippen LogP contribution in [0.3, 0.4) is 0 Å². The van der Waals surface area contributed by atoms with Gasteiger partial charge in [0.2, 0.25) is 0 Å². The van der Waals surface area contributed by atoms with E-state index in [1.807, 2.05) is 18.2 Å². The molecule has 0 unspecified atom stereocenters. The van der Waals surface area contributed by atoms with E-state index in [1.165, 1.54) is 0 Å². The lowest BCUT2D eigenvalue weighted by molar-refractivity contribution is 0.0980. The number of rotatable bonds is 1. The van der Waals surface area contributed by atoms with Gasteiger partial charge in [-0.1, -0.05) is 0 Å². The number of benzene rings is 1. The standard InChI is InChI=1S/C11H12O2S/c1-13-8-4-5-11-9(7-8)10(12)3-2-6-14-11/h4-5,7H,2-3,6H2,1H3. The summed E-state index contributed by atoms with van der Waals surface area (Å²) in [6, 6.07) is 5.72. The molecular formula is C11H12O2S. The zero-order valence-electron chi connectivity index (χ0n) is 8.08. The molecule has 0 spiro atoms. The van der Waals surface area contributed by atoms with Crippen LogP contribution in [0.1, 0.15) is 23.2 Å². The lowest BCUT2D eigenvalue weighted by atomic mass is 10.1. The molecule has 0 N–H and O–H groups in total. The third-order valence-electron chi connectivity index (χ3n) is 2.29. The number of ketones is 1. The highest BCUT2D eigenvalue weighted by atomic mass is 32.2. The van der Waals surface area contributed by atoms with Crippen molar-refractivity contribution >= 4 is 17.5 Å². The van der Waals surface area contributed by atoms with Crippen LogP contribution < -0.4 is 4.74 Å². The molecule has 0 fully saturated rings. The zero-order valence-corrected chi connectivity index (χ0v) is 8.89. The number of ether oxygens (including phenoxy) is 1. The predicted octanol–water partition coefficient (Wildman–Crippen LogP) is 2.76. The summed E-state index contributed by atoms with van der Waals surface area (Å²) >= 11 is 1.76. The Morgan fingerprint density at radius 3 is 3.07 bits per heavy atom. The van der Waals surface area contributed by atoms with Gasteiger partial charge < -0.3 is 4.74 Å². The molecule has 2 rings (SSSR count). The van der Waals surface area contributed by atoms with E-state index in [1.54, 1.807) is 18.9 Å². The van der Waals surface area contributed by atoms with Crippen LogP contribution >= 0.6 is 11.8 Å². The SMILES string of the molecule is COc1ccc2c(c1)C(=O)CCCS2. The quantitative estimate of drug-likeness (QED) is 0.710. The number of fused-ring (bicyclic) bond motifs is 1. The van der Waals surface area contributed by atoms with Gasteiger partial charge in [0.25, 0.3) is 0 Å². The Hall–Kier alpha value is -0.960. The van der Waals surface area contributed by atoms with Crippen molar-refractivity contribution in [3.8, 4) is 5.75 Å². The van der Waals surface area contributed by atoms with Crippen LogP contribution in [0.25, 0.3) is 0 Å². The fourth-order valence-corrected chi connectivity index (χ4v) is 2.53. The molecule has 1 aliphatic rings. The number of hydrogen-bond acceptors (Lipinski definition) is 3. The van der Waals surface area contributed by atoms with Crippen LogP contribution in [-0.4, -0.2) is 18.6 Å². The van der Waals surface area contributed by atoms with Gasteiger partial charge in [-0.2, -0.15) is 0 Å². The molecule has 3 heteroatoms. The summed E-state index contributed by atoms with van der Waals surface area (Å²) in [5.41, 5.74) is 0.826. The molecule has 1 aromatic rings. The van der Waals surface area contributed by atoms with Crippen molar-refractivity contribution in [1.29, 1.82) is 0 Å². The van der Waals surface area contributed by atoms with E-state index in [9.17, 15) is 4.79 Å². The lowest BCUT2D eigenvalue weighted by Crippen LogP contribution is -1.99. The van der Waals surface area contributed by atoms with Crippen LogP contribution in [0.4, 0.5) is 0 Å². The highest BCUT2D eigenvalue weighted by Gasteiger charge is 2.16. The maximum Gasteiger partial charge on any atom is 0.164 e. The minimum atomic E-state index is 0.240. The predicted molar refractivity (Wildman–Crippen MR) is 57.3 cm³/mol. The van der Waals surface area contributed by atoms with Gasteiger partial charge in [0.15, 0.2) is 5.78 Å². The molecule has 1 heterocycles. The van der Waals surface area contributed by atoms with Crippen molar-refractivity contribution in [3.63, 3.8) is 0 Å². The molecule has 2 nitrogen and oxygen atoms in total. The highest BCUT2D eigenvalue weighted by Crippen LogP contribution is 2.31. The van der Waals surface area contributed by atoms with Gasteiger partial charge in [0.05, 0.1) is 7.11 Å². The Kier molecular flexibility index (Phi) is 2.77. The molecule has 0 bridgehead atoms. The third-order valence-corrected chi connectivity index (χ3v) is 3.45. The monoisotopic (exact) mass is 208 g/mol. The molecule has 0 saturated carbocycles. The number of Topliss-reactive ketones (excluding diaryl/α,β-unsaturated/α-hetero) is 1. The van der Waals surface area contributed by atoms with E-state index in [0.717, 1.165) is 28.4 Å². The van der Waals surface area contributed by atoms with Crippen molar-refractivity contribution in [2.45, 2.75) is 17.7 Å². The van der Waals surface area contributed by atoms with Gasteiger partial charge in [0.1, 0.15) is 5.75 Å². The van der Waals surface area contributed by atoms with Crippen molar-refractivity contribution in [2.24, 2.45) is 0 Å². The molecule has 1 aromatic carbocycles. The third kappa shape index (κ3) is 1.77. The Morgan fingerprint density at radius 1 is 1.43 bits per heavy atom. The minimum Gasteiger partial charge on any atom is -0.497 e. The number of carbonyl (C=O) groups excluding carboxylic acids is 1. The van der Waals surface area contributed by atoms with Crippen LogP contribution in [0.5, 0.6) is 5.75 Å². The summed E-state index contributed by atoms with van der Waals surface area (Å²) in [6.07, 6.45) is 1.63. The molecule has 0 aliphatic carbocycles. The average Bonchev–Trinajstić information content (AvgIpc) is 2.40. The number of hydrogen-bond donors (Lipinski definition) is 0. The second-order valence-electron chi connectivity index (χ2n) is 3.24. The Balaban J connectivity index is 2.44. The average molecular weight is 208 g/mol. The van der Waals surface area contributed by atoms with E-state index in [2.05, 4.69) is 0 Å². The molecule has 0 radical (unpaired) electrons. The molecule has 14 heavy (non-hydrogen) atoms. The fraction of sp³-hybridized carbons (Fsp3) is 0.364. The van der Waals surface area contributed by atoms with Gasteiger partial charge in [0, 0.05) is 16.9 Å². The van der Waals surface area contributed by atoms with E-state index < -0.39 is 0 Å². The van der Waals surface area contributed by atoms with Gasteiger partial charge in [-0.05, 0) is 30.4 Å². The normalized spacial score (nSPS) is 15.9. The Labute approximate surface area is 87.6 Å². The van der Waals surface area contributed by atoms with Crippen molar-refractivity contribution in [3.05, 3.63) is 23.8 Å². The first-order valence-electron chi connectivity index (χ1n) is 4.65. The van der Waals surface area contributed by atoms with Crippen molar-refractivity contribution < 1.29 is 9.53 Å². The largest absolute Gasteiger partial charge is 0.497 e. The molecule has 1 aliphatic heterocycles. The van der Waals surface area contributed by atoms with Crippen LogP contribution in [0.15, 0.2) is 23.1 Å². The molecule has 74 valence electrons. The summed E-state index contributed by atoms with van der Waals surface area (Å²) in [6.45, 7) is 0. The maximum absolute atomic E-state index is 11.7. The highest BCUT2D eigenvalue weighted by molar-refractivity contribution is 7.99. The topological polar surface area (TPSA) is 26.3 Å². The number of carbonyl (C=O) groups is 1.